The van der Waals surface area contributed by atoms with E-state index in [4.69, 9.17) is 9.84 Å². The molecule has 4 aromatic carbocycles. The molecule has 38 heavy (non-hydrogen) atoms. The number of carboxylic acids is 1. The highest BCUT2D eigenvalue weighted by Gasteiger charge is 2.40. The van der Waals surface area contributed by atoms with E-state index in [9.17, 15) is 9.18 Å². The van der Waals surface area contributed by atoms with Crippen LogP contribution in [0.2, 0.25) is 0 Å². The van der Waals surface area contributed by atoms with E-state index >= 15 is 0 Å². The molecule has 0 saturated heterocycles. The molecule has 4 aromatic rings. The number of hydrogen-bond acceptors (Lipinski definition) is 2. The minimum Gasteiger partial charge on any atom is -0.478 e. The zero-order valence-electron chi connectivity index (χ0n) is 22.2. The highest BCUT2D eigenvalue weighted by atomic mass is 19.1. The molecule has 1 unspecified atom stereocenters. The van der Waals surface area contributed by atoms with Gasteiger partial charge in [0.1, 0.15) is 5.82 Å². The van der Waals surface area contributed by atoms with Gasteiger partial charge in [0.2, 0.25) is 0 Å². The summed E-state index contributed by atoms with van der Waals surface area (Å²) >= 11 is 0. The third-order valence-electron chi connectivity index (χ3n) is 8.33. The number of aryl methyl sites for hydroxylation is 1. The summed E-state index contributed by atoms with van der Waals surface area (Å²) < 4.78 is 21.3. The average molecular weight is 511 g/mol. The first-order chi connectivity index (χ1) is 18.4. The van der Waals surface area contributed by atoms with Crippen LogP contribution < -0.4 is 0 Å². The molecule has 1 saturated carbocycles. The lowest BCUT2D eigenvalue weighted by Crippen LogP contribution is -2.39. The number of fused-ring (bicyclic) bond motifs is 1. The van der Waals surface area contributed by atoms with Gasteiger partial charge in [-0.25, -0.2) is 9.18 Å². The van der Waals surface area contributed by atoms with Crippen LogP contribution in [0.1, 0.15) is 72.5 Å². The Hall–Kier alpha value is -3.50. The Bertz CT molecular complexity index is 1450. The van der Waals surface area contributed by atoms with Crippen molar-refractivity contribution in [2.45, 2.75) is 64.6 Å². The van der Waals surface area contributed by atoms with Crippen molar-refractivity contribution >= 4 is 16.7 Å². The van der Waals surface area contributed by atoms with Gasteiger partial charge in [0.05, 0.1) is 17.8 Å². The van der Waals surface area contributed by atoms with Crippen LogP contribution in [0.4, 0.5) is 4.39 Å². The average Bonchev–Trinajstić information content (AvgIpc) is 2.94. The van der Waals surface area contributed by atoms with Crippen LogP contribution in [0.3, 0.4) is 0 Å². The summed E-state index contributed by atoms with van der Waals surface area (Å²) in [5.74, 6) is -1.52. The normalized spacial score (nSPS) is 15.9. The fraction of sp³-hybridized carbons (Fsp3) is 0.324. The van der Waals surface area contributed by atoms with Crippen molar-refractivity contribution < 1.29 is 19.0 Å². The third kappa shape index (κ3) is 5.10. The fourth-order valence-corrected chi connectivity index (χ4v) is 6.26. The first-order valence-corrected chi connectivity index (χ1v) is 13.7. The van der Waals surface area contributed by atoms with Crippen molar-refractivity contribution in [3.63, 3.8) is 0 Å². The molecule has 4 heteroatoms. The summed E-state index contributed by atoms with van der Waals surface area (Å²) in [7, 11) is 0. The lowest BCUT2D eigenvalue weighted by Gasteiger charge is -2.43. The highest BCUT2D eigenvalue weighted by molar-refractivity contribution is 5.89. The van der Waals surface area contributed by atoms with Crippen molar-refractivity contribution in [3.8, 4) is 11.1 Å². The van der Waals surface area contributed by atoms with Gasteiger partial charge in [-0.2, -0.15) is 0 Å². The molecule has 1 fully saturated rings. The van der Waals surface area contributed by atoms with Crippen molar-refractivity contribution in [1.82, 2.24) is 0 Å². The van der Waals surface area contributed by atoms with Gasteiger partial charge < -0.3 is 9.84 Å². The summed E-state index contributed by atoms with van der Waals surface area (Å²) in [6.45, 7) is 4.73. The number of hydrogen-bond donors (Lipinski definition) is 1. The van der Waals surface area contributed by atoms with E-state index in [2.05, 4.69) is 55.5 Å². The largest absolute Gasteiger partial charge is 0.478 e. The lowest BCUT2D eigenvalue weighted by atomic mass is 9.71. The summed E-state index contributed by atoms with van der Waals surface area (Å²) in [4.78, 5) is 11.2. The maximum atomic E-state index is 14.3. The molecule has 0 amide bonds. The molecule has 1 atom stereocenters. The maximum Gasteiger partial charge on any atom is 0.338 e. The number of carbonyl (C=O) groups is 1. The zero-order chi connectivity index (χ0) is 26.7. The fourth-order valence-electron chi connectivity index (χ4n) is 6.26. The van der Waals surface area contributed by atoms with E-state index in [0.29, 0.717) is 18.1 Å². The van der Waals surface area contributed by atoms with Crippen LogP contribution in [0, 0.1) is 18.7 Å². The Morgan fingerprint density at radius 3 is 2.39 bits per heavy atom. The van der Waals surface area contributed by atoms with E-state index in [1.807, 2.05) is 19.1 Å². The first-order valence-electron chi connectivity index (χ1n) is 13.7. The van der Waals surface area contributed by atoms with Gasteiger partial charge in [-0.15, -0.1) is 0 Å². The van der Waals surface area contributed by atoms with Gasteiger partial charge in [-0.05, 0) is 88.9 Å². The molecule has 0 aromatic heterocycles. The van der Waals surface area contributed by atoms with Crippen molar-refractivity contribution in [3.05, 3.63) is 107 Å². The molecule has 0 radical (unpaired) electrons. The Morgan fingerprint density at radius 1 is 0.947 bits per heavy atom. The summed E-state index contributed by atoms with van der Waals surface area (Å²) in [6.07, 6.45) is 7.04. The van der Waals surface area contributed by atoms with E-state index in [0.717, 1.165) is 23.1 Å². The number of aromatic carboxylic acids is 1. The van der Waals surface area contributed by atoms with Crippen molar-refractivity contribution in [2.24, 2.45) is 5.92 Å². The maximum absolute atomic E-state index is 14.3. The van der Waals surface area contributed by atoms with Crippen molar-refractivity contribution in [2.75, 3.05) is 0 Å². The van der Waals surface area contributed by atoms with Crippen molar-refractivity contribution in [1.29, 1.82) is 0 Å². The molecule has 0 heterocycles. The SMILES string of the molecule is CCC(OCc1ccc(-c2ccc(C(=O)O)c(F)c2)c(C)c1)(c1ccc2ccccc2c1)C1CCCCC1. The second-order valence-corrected chi connectivity index (χ2v) is 10.6. The van der Waals surface area contributed by atoms with Crippen LogP contribution in [0.15, 0.2) is 78.9 Å². The number of benzene rings is 4. The van der Waals surface area contributed by atoms with Crippen LogP contribution in [0.5, 0.6) is 0 Å². The monoisotopic (exact) mass is 510 g/mol. The molecule has 5 rings (SSSR count). The second-order valence-electron chi connectivity index (χ2n) is 10.6. The molecular formula is C34H35FO3. The molecule has 1 aliphatic rings. The van der Waals surface area contributed by atoms with Crippen LogP contribution in [-0.4, -0.2) is 11.1 Å². The number of ether oxygens (including phenoxy) is 1. The topological polar surface area (TPSA) is 46.5 Å². The molecule has 0 aliphatic heterocycles. The lowest BCUT2D eigenvalue weighted by molar-refractivity contribution is -0.116. The van der Waals surface area contributed by atoms with Gasteiger partial charge in [0.15, 0.2) is 0 Å². The standard InChI is InChI=1S/C34H35FO3/c1-3-34(28-11-5-4-6-12-28,29-16-14-25-9-7-8-10-26(25)20-29)38-22-24-13-17-30(23(2)19-24)27-15-18-31(33(36)37)32(35)21-27/h7-10,13-21,28H,3-6,11-12,22H2,1-2H3,(H,36,37). The Balaban J connectivity index is 1.44. The smallest absolute Gasteiger partial charge is 0.338 e. The van der Waals surface area contributed by atoms with E-state index in [-0.39, 0.29) is 11.2 Å². The summed E-state index contributed by atoms with van der Waals surface area (Å²) in [5.41, 5.74) is 4.21. The highest BCUT2D eigenvalue weighted by Crippen LogP contribution is 2.46. The predicted octanol–water partition coefficient (Wildman–Crippen LogP) is 9.05. The molecule has 0 bridgehead atoms. The molecule has 0 spiro atoms. The first kappa shape index (κ1) is 26.1. The number of carboxylic acid groups (broad SMARTS) is 1. The van der Waals surface area contributed by atoms with Crippen LogP contribution >= 0.6 is 0 Å². The Kier molecular flexibility index (Phi) is 7.62. The summed E-state index contributed by atoms with van der Waals surface area (Å²) in [5, 5.41) is 11.6. The Labute approximate surface area is 224 Å². The molecule has 1 N–H and O–H groups in total. The van der Waals surface area contributed by atoms with Crippen LogP contribution in [0.25, 0.3) is 21.9 Å². The predicted molar refractivity (Wildman–Crippen MR) is 151 cm³/mol. The van der Waals surface area contributed by atoms with E-state index in [1.165, 1.54) is 60.6 Å². The Morgan fingerprint density at radius 2 is 1.71 bits per heavy atom. The van der Waals surface area contributed by atoms with Gasteiger partial charge in [0.25, 0.3) is 0 Å². The molecular weight excluding hydrogens is 475 g/mol. The van der Waals surface area contributed by atoms with Crippen LogP contribution in [-0.2, 0) is 16.9 Å². The molecule has 196 valence electrons. The van der Waals surface area contributed by atoms with E-state index in [1.54, 1.807) is 6.07 Å². The van der Waals surface area contributed by atoms with E-state index < -0.39 is 11.8 Å². The number of halogens is 1. The molecule has 1 aliphatic carbocycles. The molecule has 3 nitrogen and oxygen atoms in total. The van der Waals surface area contributed by atoms with Gasteiger partial charge in [-0.1, -0.05) is 86.8 Å². The van der Waals surface area contributed by atoms with Gasteiger partial charge in [-0.3, -0.25) is 0 Å². The second kappa shape index (κ2) is 11.1. The van der Waals surface area contributed by atoms with Gasteiger partial charge in [0, 0.05) is 0 Å². The third-order valence-corrected chi connectivity index (χ3v) is 8.33. The minimum atomic E-state index is -1.26. The number of rotatable bonds is 8. The van der Waals surface area contributed by atoms with Gasteiger partial charge >= 0.3 is 5.97 Å². The minimum absolute atomic E-state index is 0.316. The summed E-state index contributed by atoms with van der Waals surface area (Å²) in [6, 6.07) is 25.7. The quantitative estimate of drug-likeness (QED) is 0.257. The zero-order valence-corrected chi connectivity index (χ0v) is 22.2.